The molecule has 0 bridgehead atoms. The van der Waals surface area contributed by atoms with Crippen molar-refractivity contribution < 1.29 is 42.9 Å². The minimum atomic E-state index is -2.80. The summed E-state index contributed by atoms with van der Waals surface area (Å²) in [6.07, 6.45) is -1.15. The molecule has 0 aliphatic carbocycles. The summed E-state index contributed by atoms with van der Waals surface area (Å²) < 4.78 is 24.4. The summed E-state index contributed by atoms with van der Waals surface area (Å²) >= 11 is -2.80. The van der Waals surface area contributed by atoms with Crippen LogP contribution < -0.4 is 10.9 Å². The van der Waals surface area contributed by atoms with E-state index in [0.29, 0.717) is 0 Å². The van der Waals surface area contributed by atoms with Crippen LogP contribution in [0, 0.1) is 0 Å². The third-order valence-corrected chi connectivity index (χ3v) is 5.78. The largest absolute Gasteiger partial charge is 0.507 e. The smallest absolute Gasteiger partial charge is 0.426 e. The number of likely N-dealkylation sites (tertiary alicyclic amines) is 1. The standard InChI is InChI=1S/C17H21N3O9S/c1-9-7-12(22)20(9)13(15(24)25)17(2,30(27)28)8-29-16(26)19-18-14(23)10-5-3-4-6-11(10)21/h3-6,9,13,21H,7-8H2,1-2H3,(H,18,23)(H,19,26)(H,24,25)(H,27,28)/t9-,13+,17+/m1/s1. The van der Waals surface area contributed by atoms with Crippen LogP contribution >= 0.6 is 0 Å². The van der Waals surface area contributed by atoms with Crippen LogP contribution in [0.3, 0.4) is 0 Å². The van der Waals surface area contributed by atoms with E-state index in [2.05, 4.69) is 0 Å². The highest BCUT2D eigenvalue weighted by atomic mass is 32.2. The highest BCUT2D eigenvalue weighted by Crippen LogP contribution is 2.31. The van der Waals surface area contributed by atoms with Crippen LogP contribution in [0.1, 0.15) is 30.6 Å². The average molecular weight is 443 g/mol. The lowest BCUT2D eigenvalue weighted by Crippen LogP contribution is -2.68. The number of hydrogen-bond donors (Lipinski definition) is 5. The summed E-state index contributed by atoms with van der Waals surface area (Å²) in [6, 6.07) is 3.35. The van der Waals surface area contributed by atoms with Crippen molar-refractivity contribution in [2.24, 2.45) is 0 Å². The number of carbonyl (C=O) groups is 4. The Labute approximate surface area is 173 Å². The third-order valence-electron chi connectivity index (χ3n) is 4.64. The first-order valence-corrected chi connectivity index (χ1v) is 9.75. The van der Waals surface area contributed by atoms with Gasteiger partial charge in [-0.2, -0.15) is 0 Å². The molecule has 1 heterocycles. The first kappa shape index (κ1) is 23.1. The van der Waals surface area contributed by atoms with Gasteiger partial charge in [-0.3, -0.25) is 15.0 Å². The summed E-state index contributed by atoms with van der Waals surface area (Å²) in [7, 11) is 0. The molecule has 164 valence electrons. The maximum absolute atomic E-state index is 11.9. The number of phenols is 1. The molecule has 1 aromatic rings. The van der Waals surface area contributed by atoms with Crippen molar-refractivity contribution in [2.75, 3.05) is 6.61 Å². The van der Waals surface area contributed by atoms with Crippen LogP contribution in [0.5, 0.6) is 5.75 Å². The second kappa shape index (κ2) is 9.09. The van der Waals surface area contributed by atoms with Gasteiger partial charge in [0.2, 0.25) is 5.91 Å². The Morgan fingerprint density at radius 1 is 1.33 bits per heavy atom. The number of nitrogens with one attached hydrogen (secondary N) is 2. The summed E-state index contributed by atoms with van der Waals surface area (Å²) in [6.45, 7) is 1.83. The van der Waals surface area contributed by atoms with Gasteiger partial charge in [-0.05, 0) is 26.0 Å². The fraction of sp³-hybridized carbons (Fsp3) is 0.412. The summed E-state index contributed by atoms with van der Waals surface area (Å²) in [5.74, 6) is -3.23. The number of phenolic OH excluding ortho intramolecular Hbond substituents is 1. The van der Waals surface area contributed by atoms with Crippen molar-refractivity contribution in [2.45, 2.75) is 37.1 Å². The van der Waals surface area contributed by atoms with E-state index in [1.54, 1.807) is 6.92 Å². The van der Waals surface area contributed by atoms with Crippen LogP contribution in [0.4, 0.5) is 4.79 Å². The minimum absolute atomic E-state index is 0.0949. The van der Waals surface area contributed by atoms with E-state index >= 15 is 0 Å². The summed E-state index contributed by atoms with van der Waals surface area (Å²) in [5, 5.41) is 19.1. The highest BCUT2D eigenvalue weighted by Gasteiger charge is 2.54. The van der Waals surface area contributed by atoms with E-state index in [0.717, 1.165) is 11.8 Å². The lowest BCUT2D eigenvalue weighted by atomic mass is 9.92. The number of para-hydroxylation sites is 1. The number of amides is 3. The molecule has 1 aliphatic heterocycles. The number of nitrogens with zero attached hydrogens (tertiary/aromatic N) is 1. The van der Waals surface area contributed by atoms with Crippen LogP contribution in [0.25, 0.3) is 0 Å². The lowest BCUT2D eigenvalue weighted by molar-refractivity contribution is -0.163. The third kappa shape index (κ3) is 4.68. The number of β-lactam (4-membered cyclic amide) rings is 1. The molecule has 1 fully saturated rings. The number of carboxylic acid groups (broad SMARTS) is 1. The Balaban J connectivity index is 2.04. The number of aromatic hydroxyl groups is 1. The zero-order valence-corrected chi connectivity index (χ0v) is 16.8. The number of hydrogen-bond acceptors (Lipinski definition) is 7. The zero-order valence-electron chi connectivity index (χ0n) is 16.0. The number of ether oxygens (including phenoxy) is 1. The lowest BCUT2D eigenvalue weighted by Gasteiger charge is -2.47. The molecule has 13 heteroatoms. The van der Waals surface area contributed by atoms with Crippen LogP contribution in [0.15, 0.2) is 24.3 Å². The van der Waals surface area contributed by atoms with E-state index in [-0.39, 0.29) is 17.7 Å². The molecule has 1 unspecified atom stereocenters. The number of carbonyl (C=O) groups excluding carboxylic acids is 3. The molecule has 30 heavy (non-hydrogen) atoms. The van der Waals surface area contributed by atoms with Gasteiger partial charge in [0.25, 0.3) is 5.91 Å². The van der Waals surface area contributed by atoms with Crippen molar-refractivity contribution in [3.05, 3.63) is 29.8 Å². The summed E-state index contributed by atoms with van der Waals surface area (Å²) in [4.78, 5) is 48.4. The molecule has 1 saturated heterocycles. The monoisotopic (exact) mass is 443 g/mol. The van der Waals surface area contributed by atoms with E-state index < -0.39 is 58.4 Å². The second-order valence-corrected chi connectivity index (χ2v) is 8.26. The molecule has 0 radical (unpaired) electrons. The van der Waals surface area contributed by atoms with E-state index in [9.17, 15) is 38.2 Å². The highest BCUT2D eigenvalue weighted by molar-refractivity contribution is 7.80. The van der Waals surface area contributed by atoms with E-state index in [1.165, 1.54) is 24.3 Å². The predicted molar refractivity (Wildman–Crippen MR) is 102 cm³/mol. The van der Waals surface area contributed by atoms with Gasteiger partial charge in [0, 0.05) is 12.5 Å². The van der Waals surface area contributed by atoms with Crippen molar-refractivity contribution in [1.82, 2.24) is 15.8 Å². The predicted octanol–water partition coefficient (Wildman–Crippen LogP) is -0.182. The van der Waals surface area contributed by atoms with Crippen molar-refractivity contribution >= 4 is 35.0 Å². The first-order chi connectivity index (χ1) is 14.0. The molecule has 12 nitrogen and oxygen atoms in total. The van der Waals surface area contributed by atoms with Crippen LogP contribution in [0.2, 0.25) is 0 Å². The van der Waals surface area contributed by atoms with Crippen molar-refractivity contribution in [1.29, 1.82) is 0 Å². The molecule has 2 rings (SSSR count). The molecule has 0 saturated carbocycles. The first-order valence-electron chi connectivity index (χ1n) is 8.65. The van der Waals surface area contributed by atoms with Gasteiger partial charge in [0.15, 0.2) is 17.1 Å². The number of rotatable bonds is 7. The van der Waals surface area contributed by atoms with Gasteiger partial charge < -0.3 is 24.4 Å². The molecule has 0 aromatic heterocycles. The maximum Gasteiger partial charge on any atom is 0.426 e. The number of benzene rings is 1. The molecule has 4 atom stereocenters. The topological polar surface area (TPSA) is 183 Å². The SMILES string of the molecule is C[C@@H]1CC(=O)N1[C@@H](C(=O)O)[C@](C)(COC(=O)NNC(=O)c1ccccc1O)S(=O)O. The van der Waals surface area contributed by atoms with Gasteiger partial charge in [0.1, 0.15) is 17.1 Å². The molecule has 1 aliphatic rings. The van der Waals surface area contributed by atoms with Gasteiger partial charge in [-0.15, -0.1) is 0 Å². The normalized spacial score (nSPS) is 19.6. The number of aliphatic carboxylic acids is 1. The molecule has 0 spiro atoms. The Bertz CT molecular complexity index is 893. The average Bonchev–Trinajstić information content (AvgIpc) is 2.68. The molecule has 1 aromatic carbocycles. The van der Waals surface area contributed by atoms with E-state index in [1.807, 2.05) is 10.9 Å². The number of carboxylic acids is 1. The fourth-order valence-electron chi connectivity index (χ4n) is 2.97. The zero-order chi connectivity index (χ0) is 22.6. The van der Waals surface area contributed by atoms with Gasteiger partial charge in [-0.25, -0.2) is 19.2 Å². The second-order valence-electron chi connectivity index (χ2n) is 6.83. The maximum atomic E-state index is 11.9. The summed E-state index contributed by atoms with van der Waals surface area (Å²) in [5.41, 5.74) is 3.73. The number of hydrazine groups is 1. The quantitative estimate of drug-likeness (QED) is 0.217. The Kier molecular flexibility index (Phi) is 7.00. The molecular formula is C17H21N3O9S. The minimum Gasteiger partial charge on any atom is -0.507 e. The Morgan fingerprint density at radius 2 is 1.97 bits per heavy atom. The van der Waals surface area contributed by atoms with Crippen LogP contribution in [-0.2, 0) is 25.4 Å². The fourth-order valence-corrected chi connectivity index (χ4v) is 3.54. The van der Waals surface area contributed by atoms with Gasteiger partial charge in [-0.1, -0.05) is 12.1 Å². The molecule has 3 amide bonds. The molecule has 5 N–H and O–H groups in total. The van der Waals surface area contributed by atoms with Crippen molar-refractivity contribution in [3.8, 4) is 5.75 Å². The van der Waals surface area contributed by atoms with E-state index in [4.69, 9.17) is 4.74 Å². The molecular weight excluding hydrogens is 422 g/mol. The Morgan fingerprint density at radius 3 is 2.47 bits per heavy atom. The van der Waals surface area contributed by atoms with Gasteiger partial charge >= 0.3 is 12.1 Å². The van der Waals surface area contributed by atoms with Gasteiger partial charge in [0.05, 0.1) is 5.56 Å². The van der Waals surface area contributed by atoms with Crippen molar-refractivity contribution in [3.63, 3.8) is 0 Å². The van der Waals surface area contributed by atoms with Crippen LogP contribution in [-0.4, -0.2) is 71.2 Å². The Hall–Kier alpha value is -3.19.